The van der Waals surface area contributed by atoms with Crippen LogP contribution in [0, 0.1) is 11.8 Å². The molecule has 0 rings (SSSR count). The molecule has 5 nitrogen and oxygen atoms in total. The van der Waals surface area contributed by atoms with E-state index in [1.807, 2.05) is 20.8 Å². The zero-order valence-electron chi connectivity index (χ0n) is 10.5. The third-order valence-corrected chi connectivity index (χ3v) is 2.79. The van der Waals surface area contributed by atoms with E-state index in [-0.39, 0.29) is 16.8 Å². The van der Waals surface area contributed by atoms with Crippen molar-refractivity contribution in [2.45, 2.75) is 39.7 Å². The minimum Gasteiger partial charge on any atom is -0.393 e. The number of carbonyl (C=O) groups excluding carboxylic acids is 2. The van der Waals surface area contributed by atoms with Crippen LogP contribution in [0.25, 0.3) is 0 Å². The van der Waals surface area contributed by atoms with Gasteiger partial charge in [0.2, 0.25) is 11.8 Å². The van der Waals surface area contributed by atoms with Crippen LogP contribution in [0.5, 0.6) is 0 Å². The van der Waals surface area contributed by atoms with Gasteiger partial charge in [0.25, 0.3) is 0 Å². The molecule has 0 heterocycles. The van der Waals surface area contributed by atoms with Crippen molar-refractivity contribution in [1.82, 2.24) is 5.32 Å². The van der Waals surface area contributed by atoms with Gasteiger partial charge in [-0.1, -0.05) is 39.4 Å². The third-order valence-electron chi connectivity index (χ3n) is 2.51. The minimum absolute atomic E-state index is 0.0647. The van der Waals surface area contributed by atoms with Crippen molar-refractivity contribution >= 4 is 29.0 Å². The maximum absolute atomic E-state index is 11.9. The summed E-state index contributed by atoms with van der Waals surface area (Å²) < 4.78 is 0. The van der Waals surface area contributed by atoms with Gasteiger partial charge in [-0.15, -0.1) is 0 Å². The Kier molecular flexibility index (Phi) is 6.72. The van der Waals surface area contributed by atoms with Gasteiger partial charge in [0.1, 0.15) is 6.04 Å². The Morgan fingerprint density at radius 1 is 1.29 bits per heavy atom. The summed E-state index contributed by atoms with van der Waals surface area (Å²) in [5.41, 5.74) is 10.7. The monoisotopic (exact) mass is 259 g/mol. The number of thiocarbonyl (C=S) groups is 1. The molecule has 2 amide bonds. The lowest BCUT2D eigenvalue weighted by Crippen LogP contribution is -2.51. The summed E-state index contributed by atoms with van der Waals surface area (Å²) >= 11 is 4.84. The van der Waals surface area contributed by atoms with E-state index in [2.05, 4.69) is 5.32 Å². The second kappa shape index (κ2) is 7.21. The largest absolute Gasteiger partial charge is 0.393 e. The summed E-state index contributed by atoms with van der Waals surface area (Å²) in [7, 11) is 0. The second-order valence-electron chi connectivity index (χ2n) is 4.38. The molecule has 0 aromatic carbocycles. The van der Waals surface area contributed by atoms with Crippen molar-refractivity contribution in [3.05, 3.63) is 0 Å². The lowest BCUT2D eigenvalue weighted by molar-refractivity contribution is -0.129. The molecule has 0 aliphatic carbocycles. The van der Waals surface area contributed by atoms with Crippen LogP contribution in [0.4, 0.5) is 0 Å². The van der Waals surface area contributed by atoms with E-state index in [4.69, 9.17) is 23.7 Å². The number of rotatable bonds is 7. The van der Waals surface area contributed by atoms with Crippen LogP contribution in [-0.2, 0) is 9.59 Å². The number of amides is 2. The van der Waals surface area contributed by atoms with Gasteiger partial charge in [-0.3, -0.25) is 9.59 Å². The first-order valence-electron chi connectivity index (χ1n) is 5.70. The highest BCUT2D eigenvalue weighted by molar-refractivity contribution is 7.80. The molecular formula is C11H21N3O2S. The topological polar surface area (TPSA) is 98.2 Å². The Hall–Kier alpha value is -1.17. The van der Waals surface area contributed by atoms with Crippen molar-refractivity contribution < 1.29 is 9.59 Å². The van der Waals surface area contributed by atoms with Crippen molar-refractivity contribution in [3.63, 3.8) is 0 Å². The van der Waals surface area contributed by atoms with Crippen LogP contribution >= 0.6 is 12.2 Å². The summed E-state index contributed by atoms with van der Waals surface area (Å²) in [6.07, 6.45) is 1.36. The first-order valence-corrected chi connectivity index (χ1v) is 6.11. The molecule has 0 spiro atoms. The van der Waals surface area contributed by atoms with Crippen LogP contribution in [0.2, 0.25) is 0 Å². The fourth-order valence-corrected chi connectivity index (χ4v) is 1.74. The van der Waals surface area contributed by atoms with Crippen LogP contribution in [0.3, 0.4) is 0 Å². The molecule has 0 radical (unpaired) electrons. The molecule has 0 saturated carbocycles. The molecule has 0 aliphatic heterocycles. The Morgan fingerprint density at radius 2 is 1.82 bits per heavy atom. The van der Waals surface area contributed by atoms with Gasteiger partial charge in [-0.05, 0) is 12.3 Å². The average molecular weight is 259 g/mol. The molecule has 0 fully saturated rings. The lowest BCUT2D eigenvalue weighted by atomic mass is 9.99. The van der Waals surface area contributed by atoms with Gasteiger partial charge in [-0.2, -0.15) is 0 Å². The SMILES string of the molecule is CCCC(C(=O)NC(C(N)=O)C(C)C)C(N)=S. The molecule has 0 aromatic heterocycles. The molecule has 17 heavy (non-hydrogen) atoms. The van der Waals surface area contributed by atoms with Gasteiger partial charge >= 0.3 is 0 Å². The predicted octanol–water partition coefficient (Wildman–Crippen LogP) is 0.315. The molecule has 6 heteroatoms. The van der Waals surface area contributed by atoms with Crippen LogP contribution in [-0.4, -0.2) is 22.8 Å². The number of nitrogens with two attached hydrogens (primary N) is 2. The predicted molar refractivity (Wildman–Crippen MR) is 71.1 cm³/mol. The number of hydrogen-bond donors (Lipinski definition) is 3. The maximum Gasteiger partial charge on any atom is 0.240 e. The van der Waals surface area contributed by atoms with E-state index in [1.165, 1.54) is 0 Å². The Bertz CT molecular complexity index is 305. The van der Waals surface area contributed by atoms with Gasteiger partial charge in [0, 0.05) is 0 Å². The van der Waals surface area contributed by atoms with E-state index < -0.39 is 17.9 Å². The number of hydrogen-bond acceptors (Lipinski definition) is 3. The Labute approximate surface area is 107 Å². The molecular weight excluding hydrogens is 238 g/mol. The molecule has 2 unspecified atom stereocenters. The highest BCUT2D eigenvalue weighted by atomic mass is 32.1. The Morgan fingerprint density at radius 3 is 2.12 bits per heavy atom. The zero-order chi connectivity index (χ0) is 13.6. The summed E-state index contributed by atoms with van der Waals surface area (Å²) in [6, 6.07) is -0.684. The van der Waals surface area contributed by atoms with Gasteiger partial charge < -0.3 is 16.8 Å². The molecule has 0 aromatic rings. The normalized spacial score (nSPS) is 14.1. The first kappa shape index (κ1) is 15.8. The van der Waals surface area contributed by atoms with E-state index in [0.29, 0.717) is 6.42 Å². The molecule has 0 bridgehead atoms. The molecule has 0 aliphatic rings. The van der Waals surface area contributed by atoms with E-state index in [0.717, 1.165) is 6.42 Å². The highest BCUT2D eigenvalue weighted by Crippen LogP contribution is 2.09. The molecule has 98 valence electrons. The van der Waals surface area contributed by atoms with Gasteiger partial charge in [0.15, 0.2) is 0 Å². The minimum atomic E-state index is -0.684. The van der Waals surface area contributed by atoms with Crippen molar-refractivity contribution in [2.24, 2.45) is 23.3 Å². The van der Waals surface area contributed by atoms with E-state index in [9.17, 15) is 9.59 Å². The second-order valence-corrected chi connectivity index (χ2v) is 4.85. The highest BCUT2D eigenvalue weighted by Gasteiger charge is 2.27. The number of primary amides is 1. The van der Waals surface area contributed by atoms with E-state index in [1.54, 1.807) is 0 Å². The van der Waals surface area contributed by atoms with Crippen molar-refractivity contribution in [1.29, 1.82) is 0 Å². The standard InChI is InChI=1S/C11H21N3O2S/c1-4-5-7(10(13)17)11(16)14-8(6(2)3)9(12)15/h6-8H,4-5H2,1-3H3,(H2,12,15)(H2,13,17)(H,14,16). The number of carbonyl (C=O) groups is 2. The molecule has 5 N–H and O–H groups in total. The van der Waals surface area contributed by atoms with Crippen molar-refractivity contribution in [2.75, 3.05) is 0 Å². The van der Waals surface area contributed by atoms with Gasteiger partial charge in [-0.25, -0.2) is 0 Å². The summed E-state index contributed by atoms with van der Waals surface area (Å²) in [4.78, 5) is 23.2. The summed E-state index contributed by atoms with van der Waals surface area (Å²) in [6.45, 7) is 5.56. The zero-order valence-corrected chi connectivity index (χ0v) is 11.3. The molecule has 0 saturated heterocycles. The average Bonchev–Trinajstić information content (AvgIpc) is 2.20. The molecule has 2 atom stereocenters. The summed E-state index contributed by atoms with van der Waals surface area (Å²) in [5, 5.41) is 2.60. The maximum atomic E-state index is 11.9. The van der Waals surface area contributed by atoms with E-state index >= 15 is 0 Å². The fraction of sp³-hybridized carbons (Fsp3) is 0.727. The fourth-order valence-electron chi connectivity index (χ4n) is 1.51. The van der Waals surface area contributed by atoms with Crippen molar-refractivity contribution in [3.8, 4) is 0 Å². The number of nitrogens with one attached hydrogen (secondary N) is 1. The van der Waals surface area contributed by atoms with Crippen LogP contribution < -0.4 is 16.8 Å². The third kappa shape index (κ3) is 5.12. The smallest absolute Gasteiger partial charge is 0.240 e. The van der Waals surface area contributed by atoms with Gasteiger partial charge in [0.05, 0.1) is 10.9 Å². The first-order chi connectivity index (χ1) is 7.81. The lowest BCUT2D eigenvalue weighted by Gasteiger charge is -2.22. The Balaban J connectivity index is 4.68. The summed E-state index contributed by atoms with van der Waals surface area (Å²) in [5.74, 6) is -1.47. The van der Waals surface area contributed by atoms with Crippen LogP contribution in [0.15, 0.2) is 0 Å². The quantitative estimate of drug-likeness (QED) is 0.573. The van der Waals surface area contributed by atoms with Crippen LogP contribution in [0.1, 0.15) is 33.6 Å².